The summed E-state index contributed by atoms with van der Waals surface area (Å²) >= 11 is 1.42. The van der Waals surface area contributed by atoms with Crippen LogP contribution < -0.4 is 5.32 Å². The molecule has 1 fully saturated rings. The van der Waals surface area contributed by atoms with Crippen molar-refractivity contribution < 1.29 is 24.2 Å². The van der Waals surface area contributed by atoms with Gasteiger partial charge in [0.15, 0.2) is 0 Å². The first-order chi connectivity index (χ1) is 16.5. The van der Waals surface area contributed by atoms with Crippen LogP contribution in [0, 0.1) is 5.92 Å². The normalized spacial score (nSPS) is 19.3. The Kier molecular flexibility index (Phi) is 7.77. The molecule has 180 valence electrons. The highest BCUT2D eigenvalue weighted by atomic mass is 32.2. The van der Waals surface area contributed by atoms with Crippen molar-refractivity contribution >= 4 is 29.7 Å². The molecular weight excluding hydrogens is 452 g/mol. The lowest BCUT2D eigenvalue weighted by Crippen LogP contribution is -2.49. The summed E-state index contributed by atoms with van der Waals surface area (Å²) in [6.07, 6.45) is 0.848. The van der Waals surface area contributed by atoms with E-state index in [0.29, 0.717) is 31.7 Å². The molecule has 8 heteroatoms. The van der Waals surface area contributed by atoms with E-state index < -0.39 is 18.0 Å². The maximum Gasteiger partial charge on any atom is 0.407 e. The van der Waals surface area contributed by atoms with Gasteiger partial charge in [-0.1, -0.05) is 48.5 Å². The van der Waals surface area contributed by atoms with Gasteiger partial charge in [0.05, 0.1) is 11.7 Å². The number of nitrogens with zero attached hydrogens (tertiary/aromatic N) is 1. The summed E-state index contributed by atoms with van der Waals surface area (Å²) in [7, 11) is 0. The first-order valence-corrected chi connectivity index (χ1v) is 12.8. The van der Waals surface area contributed by atoms with Crippen molar-refractivity contribution in [2.24, 2.45) is 5.92 Å². The van der Waals surface area contributed by atoms with Crippen molar-refractivity contribution in [2.75, 3.05) is 31.2 Å². The zero-order valence-electron chi connectivity index (χ0n) is 19.2. The minimum absolute atomic E-state index is 0.0197. The zero-order chi connectivity index (χ0) is 24.1. The van der Waals surface area contributed by atoms with Gasteiger partial charge in [-0.05, 0) is 42.0 Å². The molecule has 1 heterocycles. The summed E-state index contributed by atoms with van der Waals surface area (Å²) in [6.45, 7) is 3.06. The number of hydrogen-bond acceptors (Lipinski definition) is 5. The summed E-state index contributed by atoms with van der Waals surface area (Å²) in [5.74, 6) is -0.539. The van der Waals surface area contributed by atoms with Crippen molar-refractivity contribution in [1.82, 2.24) is 10.2 Å². The predicted molar refractivity (Wildman–Crippen MR) is 132 cm³/mol. The number of piperidine rings is 1. The van der Waals surface area contributed by atoms with Crippen LogP contribution in [0.2, 0.25) is 0 Å². The molecule has 2 atom stereocenters. The molecule has 1 saturated heterocycles. The summed E-state index contributed by atoms with van der Waals surface area (Å²) in [5, 5.41) is 12.1. The van der Waals surface area contributed by atoms with Crippen molar-refractivity contribution in [3.8, 4) is 11.1 Å². The fourth-order valence-electron chi connectivity index (χ4n) is 4.94. The number of rotatable bonds is 8. The summed E-state index contributed by atoms with van der Waals surface area (Å²) < 4.78 is 5.52. The number of aliphatic carboxylic acids is 1. The number of carbonyl (C=O) groups excluding carboxylic acids is 2. The molecule has 2 amide bonds. The van der Waals surface area contributed by atoms with Crippen LogP contribution >= 0.6 is 11.8 Å². The third kappa shape index (κ3) is 5.22. The van der Waals surface area contributed by atoms with E-state index in [-0.39, 0.29) is 30.2 Å². The van der Waals surface area contributed by atoms with Crippen LogP contribution in [0.1, 0.15) is 36.8 Å². The Morgan fingerprint density at radius 3 is 2.38 bits per heavy atom. The lowest BCUT2D eigenvalue weighted by molar-refractivity contribution is -0.148. The third-order valence-corrected chi connectivity index (χ3v) is 7.65. The van der Waals surface area contributed by atoms with E-state index in [0.717, 1.165) is 0 Å². The number of amides is 2. The van der Waals surface area contributed by atoms with E-state index in [1.807, 2.05) is 24.3 Å². The Hall–Kier alpha value is -3.00. The highest BCUT2D eigenvalue weighted by Gasteiger charge is 2.35. The second-order valence-corrected chi connectivity index (χ2v) is 9.82. The first kappa shape index (κ1) is 24.1. The number of hydrogen-bond donors (Lipinski definition) is 2. The van der Waals surface area contributed by atoms with Crippen LogP contribution in [-0.4, -0.2) is 65.2 Å². The Labute approximate surface area is 203 Å². The lowest BCUT2D eigenvalue weighted by atomic mass is 9.90. The van der Waals surface area contributed by atoms with Gasteiger partial charge in [0.25, 0.3) is 0 Å². The first-order valence-electron chi connectivity index (χ1n) is 11.7. The van der Waals surface area contributed by atoms with Crippen LogP contribution in [0.25, 0.3) is 11.1 Å². The molecule has 2 aromatic carbocycles. The van der Waals surface area contributed by atoms with Gasteiger partial charge in [-0.15, -0.1) is 0 Å². The number of carboxylic acids is 1. The number of fused-ring (bicyclic) bond motifs is 3. The smallest absolute Gasteiger partial charge is 0.407 e. The highest BCUT2D eigenvalue weighted by Crippen LogP contribution is 2.44. The average Bonchev–Trinajstić information content (AvgIpc) is 3.16. The number of carboxylic acid groups (broad SMARTS) is 1. The molecule has 4 rings (SSSR count). The fraction of sp³-hybridized carbons (Fsp3) is 0.423. The SMILES string of the molecule is C[C@H]1[C@@H](C(=O)O)CCCN1C(=O)CSCCNC(=O)OCC1c2ccccc2-c2ccccc21. The Morgan fingerprint density at radius 1 is 1.09 bits per heavy atom. The van der Waals surface area contributed by atoms with Crippen molar-refractivity contribution in [3.05, 3.63) is 59.7 Å². The molecule has 34 heavy (non-hydrogen) atoms. The van der Waals surface area contributed by atoms with Gasteiger partial charge in [0.2, 0.25) is 5.91 Å². The monoisotopic (exact) mass is 482 g/mol. The average molecular weight is 483 g/mol. The fourth-order valence-corrected chi connectivity index (χ4v) is 5.67. The van der Waals surface area contributed by atoms with Crippen LogP contribution in [0.15, 0.2) is 48.5 Å². The summed E-state index contributed by atoms with van der Waals surface area (Å²) in [5.41, 5.74) is 4.71. The van der Waals surface area contributed by atoms with Crippen molar-refractivity contribution in [3.63, 3.8) is 0 Å². The van der Waals surface area contributed by atoms with Gasteiger partial charge in [-0.2, -0.15) is 11.8 Å². The number of ether oxygens (including phenoxy) is 1. The van der Waals surface area contributed by atoms with Crippen molar-refractivity contribution in [1.29, 1.82) is 0 Å². The largest absolute Gasteiger partial charge is 0.481 e. The highest BCUT2D eigenvalue weighted by molar-refractivity contribution is 7.99. The molecule has 0 saturated carbocycles. The van der Waals surface area contributed by atoms with Gasteiger partial charge in [-0.25, -0.2) is 4.79 Å². The maximum absolute atomic E-state index is 12.5. The predicted octanol–water partition coefficient (Wildman–Crippen LogP) is 3.97. The lowest BCUT2D eigenvalue weighted by Gasteiger charge is -2.37. The molecule has 1 aliphatic heterocycles. The summed E-state index contributed by atoms with van der Waals surface area (Å²) in [4.78, 5) is 37.8. The number of benzene rings is 2. The molecule has 0 unspecified atom stereocenters. The van der Waals surface area contributed by atoms with Crippen LogP contribution in [0.5, 0.6) is 0 Å². The number of nitrogens with one attached hydrogen (secondary N) is 1. The summed E-state index contributed by atoms with van der Waals surface area (Å²) in [6, 6.07) is 16.1. The Morgan fingerprint density at radius 2 is 1.74 bits per heavy atom. The van der Waals surface area contributed by atoms with Gasteiger partial charge in [-0.3, -0.25) is 9.59 Å². The second-order valence-electron chi connectivity index (χ2n) is 8.72. The molecule has 2 aliphatic rings. The number of carbonyl (C=O) groups is 3. The number of alkyl carbamates (subject to hydrolysis) is 1. The zero-order valence-corrected chi connectivity index (χ0v) is 20.1. The van der Waals surface area contributed by atoms with Gasteiger partial charge >= 0.3 is 12.1 Å². The third-order valence-electron chi connectivity index (χ3n) is 6.71. The van der Waals surface area contributed by atoms with Gasteiger partial charge < -0.3 is 20.1 Å². The molecule has 0 bridgehead atoms. The standard InChI is InChI=1S/C26H30N2O5S/c1-17-18(25(30)31)11-6-13-28(17)24(29)16-34-14-12-27-26(32)33-15-23-21-9-4-2-7-19(21)20-8-3-5-10-22(20)23/h2-5,7-10,17-18,23H,6,11-16H2,1H3,(H,27,32)(H,30,31)/t17-,18-/m0/s1. The Bertz CT molecular complexity index is 1010. The van der Waals surface area contributed by atoms with Gasteiger partial charge in [0.1, 0.15) is 6.61 Å². The minimum atomic E-state index is -0.843. The van der Waals surface area contributed by atoms with E-state index >= 15 is 0 Å². The maximum atomic E-state index is 12.5. The second kappa shape index (κ2) is 11.0. The topological polar surface area (TPSA) is 95.9 Å². The molecule has 2 N–H and O–H groups in total. The van der Waals surface area contributed by atoms with E-state index in [1.54, 1.807) is 11.8 Å². The molecular formula is C26H30N2O5S. The van der Waals surface area contributed by atoms with Gasteiger partial charge in [0, 0.05) is 30.8 Å². The van der Waals surface area contributed by atoms with E-state index in [1.165, 1.54) is 34.0 Å². The molecule has 7 nitrogen and oxygen atoms in total. The van der Waals surface area contributed by atoms with E-state index in [4.69, 9.17) is 4.74 Å². The molecule has 0 radical (unpaired) electrons. The molecule has 0 spiro atoms. The van der Waals surface area contributed by atoms with Crippen LogP contribution in [0.4, 0.5) is 4.79 Å². The number of thioether (sulfide) groups is 1. The number of likely N-dealkylation sites (tertiary alicyclic amines) is 1. The van der Waals surface area contributed by atoms with E-state index in [2.05, 4.69) is 29.6 Å². The quantitative estimate of drug-likeness (QED) is 0.553. The van der Waals surface area contributed by atoms with Crippen LogP contribution in [-0.2, 0) is 14.3 Å². The van der Waals surface area contributed by atoms with E-state index in [9.17, 15) is 19.5 Å². The molecule has 2 aromatic rings. The molecule has 1 aliphatic carbocycles. The van der Waals surface area contributed by atoms with Crippen LogP contribution in [0.3, 0.4) is 0 Å². The minimum Gasteiger partial charge on any atom is -0.481 e. The van der Waals surface area contributed by atoms with Crippen molar-refractivity contribution in [2.45, 2.75) is 31.7 Å². The Balaban J connectivity index is 1.18. The molecule has 0 aromatic heterocycles.